The number of nitrogens with two attached hydrogens (primary N) is 1. The molecule has 3 rings (SSSR count). The van der Waals surface area contributed by atoms with E-state index in [0.29, 0.717) is 17.2 Å². The minimum absolute atomic E-state index is 0.0291. The SMILES string of the molecule is NS(=O)(=O)c1ccc(NC(=O)N(Cc2ccco2)Cc2ccco2)cc1. The highest BCUT2D eigenvalue weighted by Gasteiger charge is 2.18. The van der Waals surface area contributed by atoms with Crippen molar-refractivity contribution in [3.63, 3.8) is 0 Å². The molecule has 0 atom stereocenters. The Bertz CT molecular complexity index is 912. The summed E-state index contributed by atoms with van der Waals surface area (Å²) in [5.74, 6) is 1.24. The molecule has 3 N–H and O–H groups in total. The second kappa shape index (κ2) is 7.46. The van der Waals surface area contributed by atoms with Crippen LogP contribution in [0.1, 0.15) is 11.5 Å². The third-order valence-electron chi connectivity index (χ3n) is 3.57. The smallest absolute Gasteiger partial charge is 0.322 e. The number of anilines is 1. The van der Waals surface area contributed by atoms with E-state index in [4.69, 9.17) is 14.0 Å². The Morgan fingerprint density at radius 3 is 1.92 bits per heavy atom. The molecule has 0 bridgehead atoms. The quantitative estimate of drug-likeness (QED) is 0.687. The predicted molar refractivity (Wildman–Crippen MR) is 93.5 cm³/mol. The number of urea groups is 1. The summed E-state index contributed by atoms with van der Waals surface area (Å²) in [6, 6.07) is 12.2. The van der Waals surface area contributed by atoms with Crippen molar-refractivity contribution in [1.82, 2.24) is 4.90 Å². The Hall–Kier alpha value is -3.04. The van der Waals surface area contributed by atoms with Crippen LogP contribution < -0.4 is 10.5 Å². The number of primary sulfonamides is 1. The van der Waals surface area contributed by atoms with Crippen molar-refractivity contribution in [2.45, 2.75) is 18.0 Å². The van der Waals surface area contributed by atoms with E-state index in [1.54, 1.807) is 24.3 Å². The van der Waals surface area contributed by atoms with E-state index in [9.17, 15) is 13.2 Å². The van der Waals surface area contributed by atoms with Crippen molar-refractivity contribution in [1.29, 1.82) is 0 Å². The molecule has 0 fully saturated rings. The molecule has 0 radical (unpaired) electrons. The Labute approximate surface area is 150 Å². The van der Waals surface area contributed by atoms with E-state index in [1.807, 2.05) is 0 Å². The first-order valence-corrected chi connectivity index (χ1v) is 9.20. The number of rotatable bonds is 6. The normalized spacial score (nSPS) is 11.3. The first kappa shape index (κ1) is 17.8. The number of furan rings is 2. The number of sulfonamides is 1. The van der Waals surface area contributed by atoms with Crippen molar-refractivity contribution in [2.75, 3.05) is 5.32 Å². The molecule has 2 heterocycles. The van der Waals surface area contributed by atoms with Gasteiger partial charge >= 0.3 is 6.03 Å². The topological polar surface area (TPSA) is 119 Å². The van der Waals surface area contributed by atoms with E-state index in [0.717, 1.165) is 0 Å². The lowest BCUT2D eigenvalue weighted by atomic mass is 10.3. The molecule has 0 aliphatic rings. The van der Waals surface area contributed by atoms with Crippen LogP contribution in [-0.2, 0) is 23.1 Å². The van der Waals surface area contributed by atoms with Crippen LogP contribution in [0, 0.1) is 0 Å². The largest absolute Gasteiger partial charge is 0.467 e. The Morgan fingerprint density at radius 2 is 1.50 bits per heavy atom. The summed E-state index contributed by atoms with van der Waals surface area (Å²) in [5, 5.41) is 7.78. The summed E-state index contributed by atoms with van der Waals surface area (Å²) in [5.41, 5.74) is 0.436. The molecule has 26 heavy (non-hydrogen) atoms. The molecule has 0 unspecified atom stereocenters. The van der Waals surface area contributed by atoms with Crippen LogP contribution in [-0.4, -0.2) is 19.3 Å². The number of hydrogen-bond donors (Lipinski definition) is 2. The first-order chi connectivity index (χ1) is 12.4. The van der Waals surface area contributed by atoms with Gasteiger partial charge in [0.25, 0.3) is 0 Å². The molecule has 0 saturated heterocycles. The van der Waals surface area contributed by atoms with E-state index in [-0.39, 0.29) is 24.0 Å². The molecule has 9 heteroatoms. The van der Waals surface area contributed by atoms with Crippen LogP contribution in [0.15, 0.2) is 74.8 Å². The maximum Gasteiger partial charge on any atom is 0.322 e. The average molecular weight is 375 g/mol. The molecular formula is C17H17N3O5S. The predicted octanol–water partition coefficient (Wildman–Crippen LogP) is 2.75. The minimum Gasteiger partial charge on any atom is -0.467 e. The van der Waals surface area contributed by atoms with Crippen molar-refractivity contribution in [2.24, 2.45) is 5.14 Å². The number of nitrogens with zero attached hydrogens (tertiary/aromatic N) is 1. The van der Waals surface area contributed by atoms with Gasteiger partial charge in [0, 0.05) is 5.69 Å². The lowest BCUT2D eigenvalue weighted by Gasteiger charge is -2.21. The molecule has 0 aliphatic heterocycles. The Kier molecular flexibility index (Phi) is 5.10. The third-order valence-corrected chi connectivity index (χ3v) is 4.50. The van der Waals surface area contributed by atoms with Gasteiger partial charge in [0.1, 0.15) is 11.5 Å². The summed E-state index contributed by atoms with van der Waals surface area (Å²) in [6.07, 6.45) is 3.06. The highest BCUT2D eigenvalue weighted by atomic mass is 32.2. The highest BCUT2D eigenvalue weighted by Crippen LogP contribution is 2.16. The molecule has 3 aromatic rings. The van der Waals surface area contributed by atoms with Crippen molar-refractivity contribution < 1.29 is 22.0 Å². The third kappa shape index (κ3) is 4.52. The van der Waals surface area contributed by atoms with Gasteiger partial charge in [0.2, 0.25) is 10.0 Å². The summed E-state index contributed by atoms with van der Waals surface area (Å²) < 4.78 is 33.2. The molecule has 0 saturated carbocycles. The van der Waals surface area contributed by atoms with Crippen LogP contribution in [0.5, 0.6) is 0 Å². The van der Waals surface area contributed by atoms with Gasteiger partial charge in [0.05, 0.1) is 30.5 Å². The maximum atomic E-state index is 12.6. The molecular weight excluding hydrogens is 358 g/mol. The van der Waals surface area contributed by atoms with E-state index in [2.05, 4.69) is 5.32 Å². The zero-order valence-electron chi connectivity index (χ0n) is 13.7. The summed E-state index contributed by atoms with van der Waals surface area (Å²) in [4.78, 5) is 14.1. The van der Waals surface area contributed by atoms with Gasteiger partial charge in [-0.2, -0.15) is 0 Å². The van der Waals surface area contributed by atoms with Gasteiger partial charge in [-0.15, -0.1) is 0 Å². The molecule has 136 valence electrons. The molecule has 8 nitrogen and oxygen atoms in total. The van der Waals surface area contributed by atoms with Gasteiger partial charge in [0.15, 0.2) is 0 Å². The van der Waals surface area contributed by atoms with Crippen LogP contribution in [0.2, 0.25) is 0 Å². The first-order valence-electron chi connectivity index (χ1n) is 7.65. The van der Waals surface area contributed by atoms with Crippen LogP contribution in [0.3, 0.4) is 0 Å². The van der Waals surface area contributed by atoms with Crippen molar-refractivity contribution in [3.8, 4) is 0 Å². The number of amides is 2. The number of nitrogens with one attached hydrogen (secondary N) is 1. The van der Waals surface area contributed by atoms with E-state index < -0.39 is 10.0 Å². The van der Waals surface area contributed by atoms with Crippen LogP contribution in [0.4, 0.5) is 10.5 Å². The fraction of sp³-hybridized carbons (Fsp3) is 0.118. The molecule has 1 aromatic carbocycles. The zero-order valence-corrected chi connectivity index (χ0v) is 14.5. The second-order valence-electron chi connectivity index (χ2n) is 5.51. The number of benzene rings is 1. The van der Waals surface area contributed by atoms with Gasteiger partial charge in [-0.1, -0.05) is 0 Å². The maximum absolute atomic E-state index is 12.6. The van der Waals surface area contributed by atoms with Crippen molar-refractivity contribution >= 4 is 21.7 Å². The zero-order chi connectivity index (χ0) is 18.6. The van der Waals surface area contributed by atoms with E-state index in [1.165, 1.54) is 41.7 Å². The number of hydrogen-bond acceptors (Lipinski definition) is 5. The Morgan fingerprint density at radius 1 is 0.962 bits per heavy atom. The lowest BCUT2D eigenvalue weighted by molar-refractivity contribution is 0.195. The van der Waals surface area contributed by atoms with Crippen molar-refractivity contribution in [3.05, 3.63) is 72.6 Å². The van der Waals surface area contributed by atoms with Gasteiger partial charge in [-0.25, -0.2) is 18.4 Å². The minimum atomic E-state index is -3.78. The molecule has 2 amide bonds. The van der Waals surface area contributed by atoms with Gasteiger partial charge in [-0.05, 0) is 48.5 Å². The second-order valence-corrected chi connectivity index (χ2v) is 7.08. The molecule has 0 spiro atoms. The molecule has 0 aliphatic carbocycles. The van der Waals surface area contributed by atoms with Crippen LogP contribution in [0.25, 0.3) is 0 Å². The lowest BCUT2D eigenvalue weighted by Crippen LogP contribution is -2.33. The summed E-state index contributed by atoms with van der Waals surface area (Å²) in [6.45, 7) is 0.490. The number of carbonyl (C=O) groups excluding carboxylic acids is 1. The van der Waals surface area contributed by atoms with Gasteiger partial charge < -0.3 is 19.1 Å². The fourth-order valence-electron chi connectivity index (χ4n) is 2.31. The Balaban J connectivity index is 1.74. The summed E-state index contributed by atoms with van der Waals surface area (Å²) >= 11 is 0. The standard InChI is InChI=1S/C17H17N3O5S/c18-26(22,23)16-7-5-13(6-8-16)19-17(21)20(11-14-3-1-9-24-14)12-15-4-2-10-25-15/h1-10H,11-12H2,(H,19,21)(H2,18,22,23). The highest BCUT2D eigenvalue weighted by molar-refractivity contribution is 7.89. The molecule has 2 aromatic heterocycles. The van der Waals surface area contributed by atoms with Gasteiger partial charge in [-0.3, -0.25) is 0 Å². The van der Waals surface area contributed by atoms with Crippen LogP contribution >= 0.6 is 0 Å². The monoisotopic (exact) mass is 375 g/mol. The fourth-order valence-corrected chi connectivity index (χ4v) is 2.83. The average Bonchev–Trinajstić information content (AvgIpc) is 3.28. The summed E-state index contributed by atoms with van der Waals surface area (Å²) in [7, 11) is -3.78. The number of carbonyl (C=O) groups is 1. The van der Waals surface area contributed by atoms with E-state index >= 15 is 0 Å².